The van der Waals surface area contributed by atoms with Crippen molar-refractivity contribution in [1.29, 1.82) is 0 Å². The third-order valence-electron chi connectivity index (χ3n) is 2.62. The number of hydrogen-bond acceptors (Lipinski definition) is 2. The molecule has 82 valence electrons. The van der Waals surface area contributed by atoms with Crippen LogP contribution in [0.15, 0.2) is 0 Å². The van der Waals surface area contributed by atoms with E-state index in [9.17, 15) is 4.79 Å². The van der Waals surface area contributed by atoms with Crippen molar-refractivity contribution < 1.29 is 4.79 Å². The molecule has 1 aliphatic heterocycles. The van der Waals surface area contributed by atoms with Crippen LogP contribution in [-0.2, 0) is 4.79 Å². The Morgan fingerprint density at radius 3 is 2.50 bits per heavy atom. The molecule has 0 radical (unpaired) electrons. The molecule has 0 saturated carbocycles. The maximum Gasteiger partial charge on any atom is 0.225 e. The van der Waals surface area contributed by atoms with E-state index in [1.165, 1.54) is 6.42 Å². The summed E-state index contributed by atoms with van der Waals surface area (Å²) in [5.74, 6) is 1.01. The Hall–Kier alpha value is -0.570. The van der Waals surface area contributed by atoms with Crippen LogP contribution in [0.4, 0.5) is 0 Å². The number of carbonyl (C=O) groups excluding carboxylic acids is 1. The van der Waals surface area contributed by atoms with Crippen molar-refractivity contribution in [3.63, 3.8) is 0 Å². The fourth-order valence-corrected chi connectivity index (χ4v) is 1.41. The van der Waals surface area contributed by atoms with Gasteiger partial charge in [0.25, 0.3) is 0 Å². The molecule has 14 heavy (non-hydrogen) atoms. The predicted molar refractivity (Wildman–Crippen MR) is 58.1 cm³/mol. The van der Waals surface area contributed by atoms with Gasteiger partial charge in [-0.3, -0.25) is 4.79 Å². The van der Waals surface area contributed by atoms with Gasteiger partial charge in [-0.25, -0.2) is 0 Å². The van der Waals surface area contributed by atoms with E-state index in [1.807, 2.05) is 20.8 Å². The Balaban J connectivity index is 2.00. The summed E-state index contributed by atoms with van der Waals surface area (Å²) in [5, 5.41) is 6.21. The van der Waals surface area contributed by atoms with Crippen LogP contribution in [0, 0.1) is 11.3 Å². The lowest BCUT2D eigenvalue weighted by Crippen LogP contribution is -2.42. The van der Waals surface area contributed by atoms with Crippen LogP contribution in [0.25, 0.3) is 0 Å². The molecular weight excluding hydrogens is 176 g/mol. The lowest BCUT2D eigenvalue weighted by Gasteiger charge is -2.27. The zero-order valence-electron chi connectivity index (χ0n) is 9.52. The SMILES string of the molecule is CC(C)(C)C(=O)NCCCC1CNC1. The normalized spacial score (nSPS) is 17.6. The minimum Gasteiger partial charge on any atom is -0.356 e. The molecule has 0 bridgehead atoms. The topological polar surface area (TPSA) is 41.1 Å². The van der Waals surface area contributed by atoms with Gasteiger partial charge in [-0.2, -0.15) is 0 Å². The fourth-order valence-electron chi connectivity index (χ4n) is 1.41. The fraction of sp³-hybridized carbons (Fsp3) is 0.909. The monoisotopic (exact) mass is 198 g/mol. The van der Waals surface area contributed by atoms with Gasteiger partial charge in [-0.1, -0.05) is 20.8 Å². The largest absolute Gasteiger partial charge is 0.356 e. The van der Waals surface area contributed by atoms with Gasteiger partial charge < -0.3 is 10.6 Å². The van der Waals surface area contributed by atoms with Crippen LogP contribution >= 0.6 is 0 Å². The second-order valence-corrected chi connectivity index (χ2v) is 5.17. The average Bonchev–Trinajstić information content (AvgIpc) is 1.98. The third-order valence-corrected chi connectivity index (χ3v) is 2.62. The molecule has 1 saturated heterocycles. The zero-order valence-corrected chi connectivity index (χ0v) is 9.52. The molecule has 1 fully saturated rings. The van der Waals surface area contributed by atoms with Crippen LogP contribution in [-0.4, -0.2) is 25.5 Å². The lowest BCUT2D eigenvalue weighted by atomic mass is 9.95. The van der Waals surface area contributed by atoms with E-state index >= 15 is 0 Å². The molecule has 1 aliphatic rings. The molecular formula is C11H22N2O. The van der Waals surface area contributed by atoms with Crippen molar-refractivity contribution in [3.8, 4) is 0 Å². The summed E-state index contributed by atoms with van der Waals surface area (Å²) in [6.45, 7) is 8.97. The molecule has 0 aliphatic carbocycles. The maximum atomic E-state index is 11.5. The molecule has 0 atom stereocenters. The quantitative estimate of drug-likeness (QED) is 0.665. The van der Waals surface area contributed by atoms with E-state index in [0.29, 0.717) is 0 Å². The number of hydrogen-bond donors (Lipinski definition) is 2. The molecule has 1 heterocycles. The molecule has 3 heteroatoms. The van der Waals surface area contributed by atoms with Gasteiger partial charge in [0.05, 0.1) is 0 Å². The van der Waals surface area contributed by atoms with E-state index in [1.54, 1.807) is 0 Å². The highest BCUT2D eigenvalue weighted by molar-refractivity contribution is 5.81. The van der Waals surface area contributed by atoms with Gasteiger partial charge in [0.2, 0.25) is 5.91 Å². The van der Waals surface area contributed by atoms with Crippen molar-refractivity contribution >= 4 is 5.91 Å². The molecule has 0 aromatic carbocycles. The average molecular weight is 198 g/mol. The van der Waals surface area contributed by atoms with E-state index in [2.05, 4.69) is 10.6 Å². The molecule has 3 nitrogen and oxygen atoms in total. The van der Waals surface area contributed by atoms with Crippen LogP contribution in [0.1, 0.15) is 33.6 Å². The third kappa shape index (κ3) is 3.66. The number of amides is 1. The Morgan fingerprint density at radius 1 is 1.43 bits per heavy atom. The minimum absolute atomic E-state index is 0.157. The van der Waals surface area contributed by atoms with Gasteiger partial charge in [0.15, 0.2) is 0 Å². The summed E-state index contributed by atoms with van der Waals surface area (Å²) in [7, 11) is 0. The summed E-state index contributed by atoms with van der Waals surface area (Å²) < 4.78 is 0. The van der Waals surface area contributed by atoms with Gasteiger partial charge >= 0.3 is 0 Å². The van der Waals surface area contributed by atoms with Crippen LogP contribution in [0.2, 0.25) is 0 Å². The first-order valence-corrected chi connectivity index (χ1v) is 5.49. The van der Waals surface area contributed by atoms with E-state index < -0.39 is 0 Å². The Morgan fingerprint density at radius 2 is 2.07 bits per heavy atom. The van der Waals surface area contributed by atoms with Crippen molar-refractivity contribution in [3.05, 3.63) is 0 Å². The first kappa shape index (κ1) is 11.5. The lowest BCUT2D eigenvalue weighted by molar-refractivity contribution is -0.128. The van der Waals surface area contributed by atoms with Crippen LogP contribution in [0.5, 0.6) is 0 Å². The van der Waals surface area contributed by atoms with Gasteiger partial charge in [-0.05, 0) is 31.8 Å². The first-order chi connectivity index (χ1) is 6.50. The second-order valence-electron chi connectivity index (χ2n) is 5.17. The summed E-state index contributed by atoms with van der Waals surface area (Å²) in [6.07, 6.45) is 2.34. The van der Waals surface area contributed by atoms with Gasteiger partial charge in [0, 0.05) is 12.0 Å². The summed E-state index contributed by atoms with van der Waals surface area (Å²) >= 11 is 0. The molecule has 0 aromatic rings. The van der Waals surface area contributed by atoms with Crippen LogP contribution < -0.4 is 10.6 Å². The van der Waals surface area contributed by atoms with Gasteiger partial charge in [0.1, 0.15) is 0 Å². The van der Waals surface area contributed by atoms with Gasteiger partial charge in [-0.15, -0.1) is 0 Å². The number of rotatable bonds is 4. The molecule has 0 unspecified atom stereocenters. The highest BCUT2D eigenvalue weighted by Gasteiger charge is 2.20. The molecule has 1 rings (SSSR count). The van der Waals surface area contributed by atoms with E-state index in [-0.39, 0.29) is 11.3 Å². The second kappa shape index (κ2) is 4.78. The zero-order chi connectivity index (χ0) is 10.6. The molecule has 2 N–H and O–H groups in total. The van der Waals surface area contributed by atoms with E-state index in [0.717, 1.165) is 32.0 Å². The van der Waals surface area contributed by atoms with E-state index in [4.69, 9.17) is 0 Å². The maximum absolute atomic E-state index is 11.5. The number of carbonyl (C=O) groups is 1. The molecule has 1 amide bonds. The summed E-state index contributed by atoms with van der Waals surface area (Å²) in [4.78, 5) is 11.5. The Labute approximate surface area is 86.6 Å². The Kier molecular flexibility index (Phi) is 3.93. The van der Waals surface area contributed by atoms with Crippen LogP contribution in [0.3, 0.4) is 0 Å². The molecule has 0 aromatic heterocycles. The van der Waals surface area contributed by atoms with Crippen molar-refractivity contribution in [2.24, 2.45) is 11.3 Å². The molecule has 0 spiro atoms. The summed E-state index contributed by atoms with van der Waals surface area (Å²) in [5.41, 5.74) is -0.252. The van der Waals surface area contributed by atoms with Crippen molar-refractivity contribution in [1.82, 2.24) is 10.6 Å². The van der Waals surface area contributed by atoms with Crippen molar-refractivity contribution in [2.45, 2.75) is 33.6 Å². The summed E-state index contributed by atoms with van der Waals surface area (Å²) in [6, 6.07) is 0. The number of nitrogens with one attached hydrogen (secondary N) is 2. The first-order valence-electron chi connectivity index (χ1n) is 5.49. The smallest absolute Gasteiger partial charge is 0.225 e. The highest BCUT2D eigenvalue weighted by atomic mass is 16.2. The highest BCUT2D eigenvalue weighted by Crippen LogP contribution is 2.13. The Bertz CT molecular complexity index is 192. The van der Waals surface area contributed by atoms with Crippen molar-refractivity contribution in [2.75, 3.05) is 19.6 Å². The standard InChI is InChI=1S/C11H22N2O/c1-11(2,3)10(14)13-6-4-5-9-7-12-8-9/h9,12H,4-8H2,1-3H3,(H,13,14). The minimum atomic E-state index is -0.252. The predicted octanol–water partition coefficient (Wildman–Crippen LogP) is 1.15.